The molecule has 2 rings (SSSR count). The molecule has 26 heavy (non-hydrogen) atoms. The Hall–Kier alpha value is -0.690. The molecule has 0 aromatic heterocycles. The predicted octanol–water partition coefficient (Wildman–Crippen LogP) is 4.94. The van der Waals surface area contributed by atoms with E-state index in [9.17, 15) is 13.2 Å². The Morgan fingerprint density at radius 3 is 2.23 bits per heavy atom. The van der Waals surface area contributed by atoms with Crippen LogP contribution in [-0.4, -0.2) is 38.2 Å². The molecule has 0 unspecified atom stereocenters. The van der Waals surface area contributed by atoms with E-state index in [4.69, 9.17) is 4.74 Å². The van der Waals surface area contributed by atoms with E-state index < -0.39 is 11.7 Å². The number of ether oxygens (including phenoxy) is 1. The molecule has 1 aromatic rings. The van der Waals surface area contributed by atoms with Crippen LogP contribution in [0, 0.1) is 5.92 Å². The Morgan fingerprint density at radius 2 is 1.73 bits per heavy atom. The van der Waals surface area contributed by atoms with E-state index in [-0.39, 0.29) is 36.6 Å². The molecule has 1 fully saturated rings. The Bertz CT molecular complexity index is 536. The fraction of sp³-hybridized carbons (Fsp3) is 0.667. The topological polar surface area (TPSA) is 24.5 Å². The number of halogens is 5. The monoisotopic (exact) mass is 416 g/mol. The average Bonchev–Trinajstić information content (AvgIpc) is 2.55. The number of hydrogen-bond donors (Lipinski definition) is 1. The lowest BCUT2D eigenvalue weighted by molar-refractivity contribution is -0.139. The second-order valence-corrected chi connectivity index (χ2v) is 6.72. The van der Waals surface area contributed by atoms with Crippen molar-refractivity contribution < 1.29 is 17.9 Å². The van der Waals surface area contributed by atoms with Gasteiger partial charge in [0.2, 0.25) is 0 Å². The molecule has 0 radical (unpaired) electrons. The summed E-state index contributed by atoms with van der Waals surface area (Å²) in [6.07, 6.45) is -2.75. The van der Waals surface area contributed by atoms with Gasteiger partial charge in [-0.05, 0) is 36.5 Å². The Kier molecular flexibility index (Phi) is 10.9. The van der Waals surface area contributed by atoms with Crippen LogP contribution >= 0.6 is 24.8 Å². The summed E-state index contributed by atoms with van der Waals surface area (Å²) in [5.74, 6) is 0.706. The van der Waals surface area contributed by atoms with Crippen LogP contribution in [0.3, 0.4) is 0 Å². The van der Waals surface area contributed by atoms with Gasteiger partial charge in [-0.1, -0.05) is 19.9 Å². The van der Waals surface area contributed by atoms with Gasteiger partial charge < -0.3 is 10.1 Å². The first-order chi connectivity index (χ1) is 11.3. The van der Waals surface area contributed by atoms with Gasteiger partial charge in [-0.15, -0.1) is 24.8 Å². The van der Waals surface area contributed by atoms with E-state index in [2.05, 4.69) is 24.1 Å². The lowest BCUT2D eigenvalue weighted by Gasteiger charge is -2.36. The predicted molar refractivity (Wildman–Crippen MR) is 104 cm³/mol. The van der Waals surface area contributed by atoms with Gasteiger partial charge in [-0.25, -0.2) is 0 Å². The van der Waals surface area contributed by atoms with Crippen molar-refractivity contribution >= 4 is 24.8 Å². The number of benzene rings is 1. The highest BCUT2D eigenvalue weighted by atomic mass is 35.5. The maximum atomic E-state index is 13.6. The first kappa shape index (κ1) is 25.3. The molecule has 1 saturated heterocycles. The van der Waals surface area contributed by atoms with Gasteiger partial charge in [0.15, 0.2) is 0 Å². The minimum atomic E-state index is -4.38. The summed E-state index contributed by atoms with van der Waals surface area (Å²) in [6.45, 7) is 7.38. The molecular formula is C18H29Cl2F3N2O. The molecule has 1 heterocycles. The van der Waals surface area contributed by atoms with Gasteiger partial charge in [0, 0.05) is 32.2 Å². The largest absolute Gasteiger partial charge is 0.497 e. The Labute approximate surface area is 166 Å². The summed E-state index contributed by atoms with van der Waals surface area (Å²) in [5, 5.41) is 3.27. The maximum absolute atomic E-state index is 13.6. The number of rotatable bonds is 6. The van der Waals surface area contributed by atoms with Gasteiger partial charge in [-0.3, -0.25) is 4.90 Å². The molecule has 1 aliphatic rings. The van der Waals surface area contributed by atoms with Crippen molar-refractivity contribution in [3.63, 3.8) is 0 Å². The molecule has 3 nitrogen and oxygen atoms in total. The van der Waals surface area contributed by atoms with Crippen LogP contribution in [-0.2, 0) is 6.18 Å². The molecule has 0 amide bonds. The third-order valence-electron chi connectivity index (χ3n) is 4.53. The Balaban J connectivity index is 0.00000312. The molecule has 1 atom stereocenters. The van der Waals surface area contributed by atoms with Crippen molar-refractivity contribution in [1.29, 1.82) is 0 Å². The second-order valence-electron chi connectivity index (χ2n) is 6.72. The van der Waals surface area contributed by atoms with Crippen LogP contribution in [0.1, 0.15) is 43.9 Å². The highest BCUT2D eigenvalue weighted by molar-refractivity contribution is 5.85. The lowest BCUT2D eigenvalue weighted by Crippen LogP contribution is -2.45. The molecule has 0 saturated carbocycles. The van der Waals surface area contributed by atoms with Crippen LogP contribution in [0.15, 0.2) is 18.2 Å². The van der Waals surface area contributed by atoms with Gasteiger partial charge >= 0.3 is 6.18 Å². The summed E-state index contributed by atoms with van der Waals surface area (Å²) in [7, 11) is 1.39. The third-order valence-corrected chi connectivity index (χ3v) is 4.53. The van der Waals surface area contributed by atoms with Crippen molar-refractivity contribution in [3.8, 4) is 5.75 Å². The normalized spacial score (nSPS) is 16.6. The molecular weight excluding hydrogens is 388 g/mol. The summed E-state index contributed by atoms with van der Waals surface area (Å²) in [4.78, 5) is 2.18. The van der Waals surface area contributed by atoms with Crippen LogP contribution in [0.2, 0.25) is 0 Å². The zero-order valence-electron chi connectivity index (χ0n) is 15.4. The number of piperazine rings is 1. The number of hydrogen-bond acceptors (Lipinski definition) is 3. The van der Waals surface area contributed by atoms with E-state index >= 15 is 0 Å². The third kappa shape index (κ3) is 6.80. The van der Waals surface area contributed by atoms with E-state index in [1.54, 1.807) is 12.1 Å². The second kappa shape index (κ2) is 11.2. The van der Waals surface area contributed by atoms with Gasteiger partial charge in [0.25, 0.3) is 0 Å². The molecule has 1 aromatic carbocycles. The smallest absolute Gasteiger partial charge is 0.416 e. The zero-order chi connectivity index (χ0) is 17.7. The molecule has 0 aliphatic carbocycles. The van der Waals surface area contributed by atoms with E-state index in [1.807, 2.05) is 0 Å². The molecule has 1 aliphatic heterocycles. The number of nitrogens with one attached hydrogen (secondary N) is 1. The molecule has 8 heteroatoms. The zero-order valence-corrected chi connectivity index (χ0v) is 17.1. The highest BCUT2D eigenvalue weighted by Gasteiger charge is 2.37. The first-order valence-corrected chi connectivity index (χ1v) is 8.52. The number of nitrogens with zero attached hydrogens (tertiary/aromatic N) is 1. The number of alkyl halides is 3. The van der Waals surface area contributed by atoms with Crippen molar-refractivity contribution in [3.05, 3.63) is 29.3 Å². The minimum absolute atomic E-state index is 0. The minimum Gasteiger partial charge on any atom is -0.497 e. The maximum Gasteiger partial charge on any atom is 0.416 e. The van der Waals surface area contributed by atoms with Crippen LogP contribution in [0.4, 0.5) is 13.2 Å². The van der Waals surface area contributed by atoms with E-state index in [0.717, 1.165) is 45.1 Å². The molecule has 0 bridgehead atoms. The standard InChI is InChI=1S/C18H27F3N2O.2ClH/c1-13(2)4-7-17(23-10-8-22-9-11-23)15-6-5-14(24-3)12-16(15)18(19,20)21;;/h5-6,12-13,17,22H,4,7-11H2,1-3H3;2*1H/t17-;;/m0../s1. The fourth-order valence-corrected chi connectivity index (χ4v) is 3.22. The van der Waals surface area contributed by atoms with Crippen molar-refractivity contribution in [2.45, 2.75) is 38.9 Å². The van der Waals surface area contributed by atoms with Crippen LogP contribution in [0.25, 0.3) is 0 Å². The molecule has 1 N–H and O–H groups in total. The van der Waals surface area contributed by atoms with Gasteiger partial charge in [-0.2, -0.15) is 13.2 Å². The summed E-state index contributed by atoms with van der Waals surface area (Å²) in [5.41, 5.74) is -0.208. The summed E-state index contributed by atoms with van der Waals surface area (Å²) < 4.78 is 45.8. The van der Waals surface area contributed by atoms with E-state index in [0.29, 0.717) is 11.5 Å². The van der Waals surface area contributed by atoms with Crippen molar-refractivity contribution in [2.24, 2.45) is 5.92 Å². The lowest BCUT2D eigenvalue weighted by atomic mass is 9.92. The first-order valence-electron chi connectivity index (χ1n) is 8.52. The van der Waals surface area contributed by atoms with Crippen LogP contribution in [0.5, 0.6) is 5.75 Å². The van der Waals surface area contributed by atoms with Gasteiger partial charge in [0.1, 0.15) is 5.75 Å². The summed E-state index contributed by atoms with van der Waals surface area (Å²) in [6, 6.07) is 4.14. The number of methoxy groups -OCH3 is 1. The van der Waals surface area contributed by atoms with Crippen molar-refractivity contribution in [2.75, 3.05) is 33.3 Å². The van der Waals surface area contributed by atoms with E-state index in [1.165, 1.54) is 7.11 Å². The Morgan fingerprint density at radius 1 is 1.12 bits per heavy atom. The van der Waals surface area contributed by atoms with Gasteiger partial charge in [0.05, 0.1) is 12.7 Å². The van der Waals surface area contributed by atoms with Crippen LogP contribution < -0.4 is 10.1 Å². The quantitative estimate of drug-likeness (QED) is 0.710. The SMILES string of the molecule is COc1ccc([C@H](CCC(C)C)N2CCNCC2)c(C(F)(F)F)c1.Cl.Cl. The fourth-order valence-electron chi connectivity index (χ4n) is 3.22. The average molecular weight is 417 g/mol. The van der Waals surface area contributed by atoms with Crippen molar-refractivity contribution in [1.82, 2.24) is 10.2 Å². The molecule has 152 valence electrons. The molecule has 0 spiro atoms. The highest BCUT2D eigenvalue weighted by Crippen LogP contribution is 2.40. The summed E-state index contributed by atoms with van der Waals surface area (Å²) >= 11 is 0.